The molecule has 1 saturated heterocycles. The van der Waals surface area contributed by atoms with Crippen LogP contribution in [0.5, 0.6) is 6.01 Å². The number of hydrogen-bond acceptors (Lipinski definition) is 7. The van der Waals surface area contributed by atoms with Crippen LogP contribution in [-0.4, -0.2) is 47.4 Å². The Labute approximate surface area is 119 Å². The molecule has 2 heterocycles. The molecule has 1 aliphatic heterocycles. The summed E-state index contributed by atoms with van der Waals surface area (Å²) in [5.74, 6) is 1.04. The fraction of sp³-hybridized carbons (Fsp3) is 0.769. The average molecular weight is 281 g/mol. The Morgan fingerprint density at radius 2 is 2.15 bits per heavy atom. The number of methoxy groups -OCH3 is 1. The number of nitrogens with one attached hydrogen (secondary N) is 2. The number of anilines is 2. The summed E-state index contributed by atoms with van der Waals surface area (Å²) < 4.78 is 10.8. The SMILES string of the molecule is CCCNc1nc(NC(C)C2CCCO2)nc(OC)n1. The molecule has 0 aromatic carbocycles. The van der Waals surface area contributed by atoms with Gasteiger partial charge in [0.2, 0.25) is 11.9 Å². The van der Waals surface area contributed by atoms with Gasteiger partial charge in [0, 0.05) is 13.2 Å². The van der Waals surface area contributed by atoms with E-state index in [0.717, 1.165) is 32.4 Å². The van der Waals surface area contributed by atoms with Crippen LogP contribution in [0.3, 0.4) is 0 Å². The quantitative estimate of drug-likeness (QED) is 0.787. The number of hydrogen-bond donors (Lipinski definition) is 2. The van der Waals surface area contributed by atoms with E-state index < -0.39 is 0 Å². The molecular formula is C13H23N5O2. The highest BCUT2D eigenvalue weighted by Crippen LogP contribution is 2.19. The fourth-order valence-corrected chi connectivity index (χ4v) is 2.12. The largest absolute Gasteiger partial charge is 0.467 e. The van der Waals surface area contributed by atoms with Gasteiger partial charge in [-0.1, -0.05) is 6.92 Å². The molecule has 0 aliphatic carbocycles. The van der Waals surface area contributed by atoms with Crippen molar-refractivity contribution in [2.75, 3.05) is 30.9 Å². The smallest absolute Gasteiger partial charge is 0.322 e. The van der Waals surface area contributed by atoms with Crippen molar-refractivity contribution in [1.29, 1.82) is 0 Å². The lowest BCUT2D eigenvalue weighted by molar-refractivity contribution is 0.0994. The molecule has 0 spiro atoms. The first-order valence-corrected chi connectivity index (χ1v) is 7.15. The molecule has 112 valence electrons. The van der Waals surface area contributed by atoms with Gasteiger partial charge in [-0.3, -0.25) is 0 Å². The minimum absolute atomic E-state index is 0.156. The Balaban J connectivity index is 2.04. The molecule has 1 aromatic rings. The predicted molar refractivity (Wildman–Crippen MR) is 77.2 cm³/mol. The molecule has 0 radical (unpaired) electrons. The maximum Gasteiger partial charge on any atom is 0.322 e. The molecule has 7 nitrogen and oxygen atoms in total. The Morgan fingerprint density at radius 1 is 1.35 bits per heavy atom. The van der Waals surface area contributed by atoms with E-state index >= 15 is 0 Å². The van der Waals surface area contributed by atoms with Crippen molar-refractivity contribution in [2.45, 2.75) is 45.3 Å². The summed E-state index contributed by atoms with van der Waals surface area (Å²) >= 11 is 0. The van der Waals surface area contributed by atoms with E-state index in [1.54, 1.807) is 7.11 Å². The summed E-state index contributed by atoms with van der Waals surface area (Å²) in [6.07, 6.45) is 3.39. The Morgan fingerprint density at radius 3 is 2.80 bits per heavy atom. The molecule has 2 N–H and O–H groups in total. The molecular weight excluding hydrogens is 258 g/mol. The molecule has 0 bridgehead atoms. The van der Waals surface area contributed by atoms with Crippen molar-refractivity contribution in [3.05, 3.63) is 0 Å². The van der Waals surface area contributed by atoms with Crippen molar-refractivity contribution >= 4 is 11.9 Å². The molecule has 2 atom stereocenters. The van der Waals surface area contributed by atoms with Crippen LogP contribution in [-0.2, 0) is 4.74 Å². The molecule has 0 amide bonds. The van der Waals surface area contributed by atoms with Gasteiger partial charge in [0.05, 0.1) is 19.3 Å². The molecule has 2 rings (SSSR count). The Hall–Kier alpha value is -1.63. The van der Waals surface area contributed by atoms with Gasteiger partial charge >= 0.3 is 6.01 Å². The second-order valence-corrected chi connectivity index (χ2v) is 4.88. The van der Waals surface area contributed by atoms with Gasteiger partial charge in [0.25, 0.3) is 0 Å². The van der Waals surface area contributed by atoms with E-state index in [1.807, 2.05) is 0 Å². The van der Waals surface area contributed by atoms with Crippen molar-refractivity contribution in [2.24, 2.45) is 0 Å². The Kier molecular flexibility index (Phi) is 5.34. The van der Waals surface area contributed by atoms with Crippen LogP contribution in [0.1, 0.15) is 33.1 Å². The number of aromatic nitrogens is 3. The van der Waals surface area contributed by atoms with Gasteiger partial charge in [0.15, 0.2) is 0 Å². The zero-order valence-electron chi connectivity index (χ0n) is 12.3. The standard InChI is InChI=1S/C13H23N5O2/c1-4-7-14-11-16-12(18-13(17-11)19-3)15-9(2)10-6-5-8-20-10/h9-10H,4-8H2,1-3H3,(H2,14,15,16,17,18). The molecule has 1 fully saturated rings. The van der Waals surface area contributed by atoms with Crippen LogP contribution in [0.25, 0.3) is 0 Å². The minimum atomic E-state index is 0.156. The van der Waals surface area contributed by atoms with Gasteiger partial charge in [-0.25, -0.2) is 0 Å². The molecule has 0 saturated carbocycles. The lowest BCUT2D eigenvalue weighted by Gasteiger charge is -2.20. The molecule has 2 unspecified atom stereocenters. The van der Waals surface area contributed by atoms with Crippen LogP contribution < -0.4 is 15.4 Å². The monoisotopic (exact) mass is 281 g/mol. The zero-order chi connectivity index (χ0) is 14.4. The summed E-state index contributed by atoms with van der Waals surface area (Å²) in [6.45, 7) is 5.81. The van der Waals surface area contributed by atoms with E-state index in [9.17, 15) is 0 Å². The van der Waals surface area contributed by atoms with Gasteiger partial charge in [-0.2, -0.15) is 15.0 Å². The van der Waals surface area contributed by atoms with Gasteiger partial charge in [-0.05, 0) is 26.2 Å². The fourth-order valence-electron chi connectivity index (χ4n) is 2.12. The molecule has 1 aromatic heterocycles. The van der Waals surface area contributed by atoms with E-state index in [-0.39, 0.29) is 12.1 Å². The first kappa shape index (κ1) is 14.8. The predicted octanol–water partition coefficient (Wildman–Crippen LogP) is 1.68. The van der Waals surface area contributed by atoms with Gasteiger partial charge < -0.3 is 20.1 Å². The van der Waals surface area contributed by atoms with Crippen molar-refractivity contribution in [3.63, 3.8) is 0 Å². The third-order valence-corrected chi connectivity index (χ3v) is 3.21. The molecule has 20 heavy (non-hydrogen) atoms. The van der Waals surface area contributed by atoms with E-state index in [4.69, 9.17) is 9.47 Å². The van der Waals surface area contributed by atoms with Crippen molar-refractivity contribution < 1.29 is 9.47 Å². The lowest BCUT2D eigenvalue weighted by Crippen LogP contribution is -2.31. The van der Waals surface area contributed by atoms with E-state index in [0.29, 0.717) is 17.9 Å². The molecule has 1 aliphatic rings. The van der Waals surface area contributed by atoms with E-state index in [1.165, 1.54) is 0 Å². The van der Waals surface area contributed by atoms with Gasteiger partial charge in [0.1, 0.15) is 0 Å². The highest BCUT2D eigenvalue weighted by Gasteiger charge is 2.23. The first-order chi connectivity index (χ1) is 9.72. The number of ether oxygens (including phenoxy) is 2. The summed E-state index contributed by atoms with van der Waals surface area (Å²) in [6, 6.07) is 0.462. The van der Waals surface area contributed by atoms with Gasteiger partial charge in [-0.15, -0.1) is 0 Å². The topological polar surface area (TPSA) is 81.2 Å². The lowest BCUT2D eigenvalue weighted by atomic mass is 10.1. The summed E-state index contributed by atoms with van der Waals surface area (Å²) in [5, 5.41) is 6.41. The van der Waals surface area contributed by atoms with Crippen LogP contribution >= 0.6 is 0 Å². The maximum atomic E-state index is 5.66. The van der Waals surface area contributed by atoms with Crippen LogP contribution in [0.4, 0.5) is 11.9 Å². The number of rotatable bonds is 7. The highest BCUT2D eigenvalue weighted by atomic mass is 16.5. The summed E-state index contributed by atoms with van der Waals surface area (Å²) in [7, 11) is 1.55. The van der Waals surface area contributed by atoms with Crippen molar-refractivity contribution in [3.8, 4) is 6.01 Å². The zero-order valence-corrected chi connectivity index (χ0v) is 12.3. The van der Waals surface area contributed by atoms with Crippen LogP contribution in [0, 0.1) is 0 Å². The number of nitrogens with zero attached hydrogens (tertiary/aromatic N) is 3. The second kappa shape index (κ2) is 7.23. The minimum Gasteiger partial charge on any atom is -0.467 e. The first-order valence-electron chi connectivity index (χ1n) is 7.15. The van der Waals surface area contributed by atoms with Crippen LogP contribution in [0.2, 0.25) is 0 Å². The second-order valence-electron chi connectivity index (χ2n) is 4.88. The third-order valence-electron chi connectivity index (χ3n) is 3.21. The maximum absolute atomic E-state index is 5.66. The van der Waals surface area contributed by atoms with E-state index in [2.05, 4.69) is 39.4 Å². The highest BCUT2D eigenvalue weighted by molar-refractivity contribution is 5.36. The summed E-state index contributed by atoms with van der Waals surface area (Å²) in [4.78, 5) is 12.7. The van der Waals surface area contributed by atoms with Crippen LogP contribution in [0.15, 0.2) is 0 Å². The third kappa shape index (κ3) is 3.93. The average Bonchev–Trinajstić information content (AvgIpc) is 2.99. The molecule has 7 heteroatoms. The normalized spacial score (nSPS) is 19.6. The summed E-state index contributed by atoms with van der Waals surface area (Å²) in [5.41, 5.74) is 0. The Bertz CT molecular complexity index is 423. The van der Waals surface area contributed by atoms with Crippen molar-refractivity contribution in [1.82, 2.24) is 15.0 Å².